The van der Waals surface area contributed by atoms with Crippen LogP contribution in [0.15, 0.2) is 29.5 Å². The number of hydrogen-bond donors (Lipinski definition) is 2. The van der Waals surface area contributed by atoms with Crippen molar-refractivity contribution in [2.45, 2.75) is 51.0 Å². The average Bonchev–Trinajstić information content (AvgIpc) is 3.51. The molecule has 0 spiro atoms. The van der Waals surface area contributed by atoms with Crippen molar-refractivity contribution in [2.24, 2.45) is 5.41 Å². The summed E-state index contributed by atoms with van der Waals surface area (Å²) in [5.74, 6) is 0.217. The van der Waals surface area contributed by atoms with E-state index in [4.69, 9.17) is 21.7 Å². The highest BCUT2D eigenvalue weighted by Gasteiger charge is 2.44. The molecular formula is C23H27ClIN3O3. The van der Waals surface area contributed by atoms with E-state index in [9.17, 15) is 9.59 Å². The minimum atomic E-state index is -0.614. The number of nitrogens with zero attached hydrogens (tertiary/aromatic N) is 1. The molecule has 3 aliphatic rings. The molecule has 0 aromatic heterocycles. The number of allylic oxidation sites excluding steroid dienone is 2. The van der Waals surface area contributed by atoms with Crippen LogP contribution in [-0.4, -0.2) is 46.7 Å². The Morgan fingerprint density at radius 1 is 1.32 bits per heavy atom. The summed E-state index contributed by atoms with van der Waals surface area (Å²) in [6.45, 7) is 3.17. The molecule has 1 aromatic carbocycles. The highest BCUT2D eigenvalue weighted by Crippen LogP contribution is 2.44. The molecule has 2 amide bonds. The largest absolute Gasteiger partial charge is 0.378 e. The van der Waals surface area contributed by atoms with Gasteiger partial charge >= 0.3 is 0 Å². The van der Waals surface area contributed by atoms with Crippen molar-refractivity contribution >= 4 is 49.7 Å². The Kier molecular flexibility index (Phi) is 6.47. The quantitative estimate of drug-likeness (QED) is 0.396. The zero-order valence-corrected chi connectivity index (χ0v) is 20.7. The van der Waals surface area contributed by atoms with Crippen LogP contribution in [-0.2, 0) is 9.53 Å². The van der Waals surface area contributed by atoms with Gasteiger partial charge in [-0.3, -0.25) is 15.0 Å². The number of ether oxygens (including phenoxy) is 1. The molecule has 31 heavy (non-hydrogen) atoms. The second-order valence-electron chi connectivity index (χ2n) is 9.01. The van der Waals surface area contributed by atoms with E-state index in [0.29, 0.717) is 58.3 Å². The van der Waals surface area contributed by atoms with E-state index in [1.165, 1.54) is 0 Å². The van der Waals surface area contributed by atoms with E-state index < -0.39 is 5.41 Å². The number of methoxy groups -OCH3 is 1. The van der Waals surface area contributed by atoms with Gasteiger partial charge in [-0.15, -0.1) is 0 Å². The van der Waals surface area contributed by atoms with Crippen LogP contribution in [0.1, 0.15) is 60.9 Å². The Hall–Kier alpha value is -1.45. The predicted octanol–water partition coefficient (Wildman–Crippen LogP) is 4.66. The molecular weight excluding hydrogens is 529 g/mol. The molecule has 4 rings (SSSR count). The Morgan fingerprint density at radius 2 is 2.03 bits per heavy atom. The number of carbonyl (C=O) groups excluding carboxylic acids is 2. The highest BCUT2D eigenvalue weighted by atomic mass is 127. The summed E-state index contributed by atoms with van der Waals surface area (Å²) in [6.07, 6.45) is 3.87. The molecule has 166 valence electrons. The van der Waals surface area contributed by atoms with Crippen LogP contribution >= 0.6 is 34.2 Å². The number of carbonyl (C=O) groups is 2. The molecule has 1 heterocycles. The topological polar surface area (TPSA) is 82.5 Å². The van der Waals surface area contributed by atoms with E-state index in [0.717, 1.165) is 24.0 Å². The number of amides is 2. The molecule has 2 aliphatic carbocycles. The first kappa shape index (κ1) is 22.7. The maximum atomic E-state index is 13.3. The van der Waals surface area contributed by atoms with Crippen LogP contribution in [0.25, 0.3) is 0 Å². The third-order valence-electron chi connectivity index (χ3n) is 6.66. The van der Waals surface area contributed by atoms with Gasteiger partial charge in [-0.1, -0.05) is 30.7 Å². The zero-order chi connectivity index (χ0) is 22.3. The summed E-state index contributed by atoms with van der Waals surface area (Å²) in [5.41, 5.74) is 2.35. The van der Waals surface area contributed by atoms with Gasteiger partial charge in [0, 0.05) is 37.9 Å². The van der Waals surface area contributed by atoms with Crippen molar-refractivity contribution in [1.82, 2.24) is 10.2 Å². The molecule has 1 saturated carbocycles. The van der Waals surface area contributed by atoms with Crippen molar-refractivity contribution in [2.75, 3.05) is 20.2 Å². The predicted molar refractivity (Wildman–Crippen MR) is 129 cm³/mol. The standard InChI is InChI=1S/C23H27ClIN3O3/c1-23(22(30)28-11-14(12-28)31-2)9-8-16(20(25)26)18(10-23)27-21(29)19-15(13-6-7-13)4-3-5-17(19)24/h3-5,13-14,26H,6-12H2,1-2H3,(H,27,29). The minimum absolute atomic E-state index is 0.0861. The molecule has 8 heteroatoms. The minimum Gasteiger partial charge on any atom is -0.378 e. The van der Waals surface area contributed by atoms with Crippen LogP contribution in [0.3, 0.4) is 0 Å². The number of likely N-dealkylation sites (tertiary alicyclic amines) is 1. The third kappa shape index (κ3) is 4.54. The van der Waals surface area contributed by atoms with Crippen molar-refractivity contribution in [1.29, 1.82) is 5.41 Å². The highest BCUT2D eigenvalue weighted by molar-refractivity contribution is 14.1. The number of hydrogen-bond acceptors (Lipinski definition) is 4. The summed E-state index contributed by atoms with van der Waals surface area (Å²) in [5, 5.41) is 11.7. The molecule has 6 nitrogen and oxygen atoms in total. The molecule has 2 fully saturated rings. The molecule has 1 unspecified atom stereocenters. The van der Waals surface area contributed by atoms with Crippen LogP contribution in [0.2, 0.25) is 5.02 Å². The van der Waals surface area contributed by atoms with Gasteiger partial charge in [0.25, 0.3) is 5.91 Å². The van der Waals surface area contributed by atoms with E-state index in [2.05, 4.69) is 5.32 Å². The monoisotopic (exact) mass is 555 g/mol. The number of benzene rings is 1. The van der Waals surface area contributed by atoms with Gasteiger partial charge in [-0.05, 0) is 65.8 Å². The fourth-order valence-electron chi connectivity index (χ4n) is 4.53. The van der Waals surface area contributed by atoms with E-state index in [1.54, 1.807) is 13.2 Å². The lowest BCUT2D eigenvalue weighted by Crippen LogP contribution is -2.58. The molecule has 1 saturated heterocycles. The lowest BCUT2D eigenvalue weighted by Gasteiger charge is -2.45. The molecule has 1 aromatic rings. The van der Waals surface area contributed by atoms with Crippen LogP contribution < -0.4 is 5.32 Å². The van der Waals surface area contributed by atoms with Crippen molar-refractivity contribution < 1.29 is 14.3 Å². The van der Waals surface area contributed by atoms with Crippen molar-refractivity contribution in [3.05, 3.63) is 45.6 Å². The van der Waals surface area contributed by atoms with E-state index >= 15 is 0 Å². The summed E-state index contributed by atoms with van der Waals surface area (Å²) < 4.78 is 5.70. The Bertz CT molecular complexity index is 969. The second-order valence-corrected chi connectivity index (χ2v) is 10.5. The Morgan fingerprint density at radius 3 is 2.65 bits per heavy atom. The SMILES string of the molecule is COC1CN(C(=O)C2(C)CCC(C(=N)I)=C(NC(=O)c3c(Cl)cccc3C3CC3)C2)C1. The van der Waals surface area contributed by atoms with E-state index in [-0.39, 0.29) is 17.9 Å². The Labute approximate surface area is 201 Å². The first-order chi connectivity index (χ1) is 14.7. The van der Waals surface area contributed by atoms with Gasteiger partial charge in [-0.2, -0.15) is 0 Å². The lowest BCUT2D eigenvalue weighted by atomic mass is 9.73. The van der Waals surface area contributed by atoms with Crippen LogP contribution in [0.5, 0.6) is 0 Å². The molecule has 0 radical (unpaired) electrons. The van der Waals surface area contributed by atoms with E-state index in [1.807, 2.05) is 46.5 Å². The smallest absolute Gasteiger partial charge is 0.257 e. The number of halogens is 2. The summed E-state index contributed by atoms with van der Waals surface area (Å²) >= 11 is 8.40. The summed E-state index contributed by atoms with van der Waals surface area (Å²) in [4.78, 5) is 28.3. The molecule has 1 atom stereocenters. The summed E-state index contributed by atoms with van der Waals surface area (Å²) in [7, 11) is 1.66. The maximum Gasteiger partial charge on any atom is 0.257 e. The molecule has 0 bridgehead atoms. The van der Waals surface area contributed by atoms with Gasteiger partial charge in [0.15, 0.2) is 0 Å². The normalized spacial score (nSPS) is 24.1. The van der Waals surface area contributed by atoms with Crippen molar-refractivity contribution in [3.8, 4) is 0 Å². The fraction of sp³-hybridized carbons (Fsp3) is 0.522. The van der Waals surface area contributed by atoms with Gasteiger partial charge in [0.05, 0.1) is 25.8 Å². The number of rotatable bonds is 6. The fourth-order valence-corrected chi connectivity index (χ4v) is 5.39. The van der Waals surface area contributed by atoms with Gasteiger partial charge in [0.2, 0.25) is 5.91 Å². The average molecular weight is 556 g/mol. The lowest BCUT2D eigenvalue weighted by molar-refractivity contribution is -0.154. The number of nitrogens with one attached hydrogen (secondary N) is 2. The molecule has 2 N–H and O–H groups in total. The first-order valence-electron chi connectivity index (χ1n) is 10.6. The zero-order valence-electron chi connectivity index (χ0n) is 17.8. The second kappa shape index (κ2) is 8.83. The van der Waals surface area contributed by atoms with Gasteiger partial charge in [0.1, 0.15) is 0 Å². The summed E-state index contributed by atoms with van der Waals surface area (Å²) in [6, 6.07) is 5.59. The maximum absolute atomic E-state index is 13.3. The Balaban J connectivity index is 1.57. The first-order valence-corrected chi connectivity index (χ1v) is 12.1. The van der Waals surface area contributed by atoms with Gasteiger partial charge in [-0.25, -0.2) is 0 Å². The molecule has 1 aliphatic heterocycles. The van der Waals surface area contributed by atoms with Gasteiger partial charge < -0.3 is 15.0 Å². The van der Waals surface area contributed by atoms with Crippen LogP contribution in [0, 0.1) is 10.8 Å². The van der Waals surface area contributed by atoms with Crippen molar-refractivity contribution in [3.63, 3.8) is 0 Å². The van der Waals surface area contributed by atoms with Crippen LogP contribution in [0.4, 0.5) is 0 Å². The third-order valence-corrected chi connectivity index (χ3v) is 7.63.